The lowest BCUT2D eigenvalue weighted by atomic mass is 10.1. The third kappa shape index (κ3) is 6.24. The second kappa shape index (κ2) is 9.73. The van der Waals surface area contributed by atoms with E-state index in [0.29, 0.717) is 22.2 Å². The van der Waals surface area contributed by atoms with Crippen LogP contribution in [0.2, 0.25) is 0 Å². The quantitative estimate of drug-likeness (QED) is 0.516. The normalized spacial score (nSPS) is 11.6. The van der Waals surface area contributed by atoms with Gasteiger partial charge in [0.25, 0.3) is 0 Å². The third-order valence-electron chi connectivity index (χ3n) is 4.43. The molecule has 1 heterocycles. The maximum atomic E-state index is 12.7. The number of halogens is 3. The highest BCUT2D eigenvalue weighted by Gasteiger charge is 2.32. The van der Waals surface area contributed by atoms with Crippen molar-refractivity contribution >= 4 is 22.7 Å². The molecule has 0 aliphatic carbocycles. The number of hydrogen-bond acceptors (Lipinski definition) is 6. The van der Waals surface area contributed by atoms with Crippen LogP contribution in [-0.4, -0.2) is 31.0 Å². The topological polar surface area (TPSA) is 81.0 Å². The molecule has 2 aromatic carbocycles. The molecule has 0 saturated heterocycles. The Hall–Kier alpha value is -3.53. The van der Waals surface area contributed by atoms with Crippen LogP contribution in [0.15, 0.2) is 57.7 Å². The summed E-state index contributed by atoms with van der Waals surface area (Å²) < 4.78 is 52.2. The summed E-state index contributed by atoms with van der Waals surface area (Å²) in [7, 11) is 1.71. The first-order valence-electron chi connectivity index (χ1n) is 9.67. The molecule has 7 nitrogen and oxygen atoms in total. The van der Waals surface area contributed by atoms with Gasteiger partial charge in [0.2, 0.25) is 0 Å². The minimum Gasteiger partial charge on any atom is -0.450 e. The summed E-state index contributed by atoms with van der Waals surface area (Å²) in [6, 6.07) is 12.0. The Bertz CT molecular complexity index is 1160. The smallest absolute Gasteiger partial charge is 0.450 e. The Balaban J connectivity index is 1.81. The Labute approximate surface area is 181 Å². The number of para-hydroxylation sites is 1. The van der Waals surface area contributed by atoms with Gasteiger partial charge in [-0.15, -0.1) is 13.2 Å². The predicted octanol–water partition coefficient (Wildman–Crippen LogP) is 4.89. The van der Waals surface area contributed by atoms with E-state index >= 15 is 0 Å². The summed E-state index contributed by atoms with van der Waals surface area (Å²) in [5, 5.41) is 3.16. The summed E-state index contributed by atoms with van der Waals surface area (Å²) in [6.07, 6.45) is -5.43. The molecule has 170 valence electrons. The fraction of sp³-hybridized carbons (Fsp3) is 0.273. The monoisotopic (exact) mass is 450 g/mol. The van der Waals surface area contributed by atoms with Crippen molar-refractivity contribution < 1.29 is 31.9 Å². The van der Waals surface area contributed by atoms with E-state index in [1.807, 2.05) is 0 Å². The van der Waals surface area contributed by atoms with Gasteiger partial charge in [0, 0.05) is 41.9 Å². The predicted molar refractivity (Wildman–Crippen MR) is 111 cm³/mol. The van der Waals surface area contributed by atoms with Crippen LogP contribution in [0.5, 0.6) is 5.75 Å². The number of amides is 1. The van der Waals surface area contributed by atoms with E-state index in [-0.39, 0.29) is 31.0 Å². The van der Waals surface area contributed by atoms with Gasteiger partial charge < -0.3 is 13.9 Å². The van der Waals surface area contributed by atoms with E-state index < -0.39 is 18.1 Å². The zero-order valence-electron chi connectivity index (χ0n) is 17.4. The molecule has 32 heavy (non-hydrogen) atoms. The molecular formula is C22H21F3N2O5. The van der Waals surface area contributed by atoms with Gasteiger partial charge in [0.05, 0.1) is 6.61 Å². The van der Waals surface area contributed by atoms with E-state index in [2.05, 4.69) is 10.1 Å². The first-order chi connectivity index (χ1) is 15.1. The fourth-order valence-electron chi connectivity index (χ4n) is 3.22. The van der Waals surface area contributed by atoms with Crippen LogP contribution in [0.1, 0.15) is 18.1 Å². The molecule has 0 aliphatic rings. The number of rotatable bonds is 7. The number of nitrogens with zero attached hydrogens (tertiary/aromatic N) is 1. The largest absolute Gasteiger partial charge is 0.573 e. The molecule has 0 radical (unpaired) electrons. The highest BCUT2D eigenvalue weighted by Crippen LogP contribution is 2.28. The Morgan fingerprint density at radius 2 is 1.81 bits per heavy atom. The standard InChI is InChI=1S/C22H21F3N2O5/c1-3-30-21(29)26-16-8-9-17-15(10-20(28)31-19(17)11-16)13-27(2)12-14-6-4-5-7-18(14)32-22(23,24)25/h4-11H,3,12-13H2,1-2H3,(H,26,29). The minimum atomic E-state index is -4.79. The zero-order chi connectivity index (χ0) is 23.3. The summed E-state index contributed by atoms with van der Waals surface area (Å²) in [5.41, 5.74) is 1.03. The van der Waals surface area contributed by atoms with Crippen LogP contribution < -0.4 is 15.7 Å². The molecule has 0 bridgehead atoms. The number of hydrogen-bond donors (Lipinski definition) is 1. The molecule has 0 unspecified atom stereocenters. The Morgan fingerprint density at radius 1 is 1.09 bits per heavy atom. The fourth-order valence-corrected chi connectivity index (χ4v) is 3.22. The van der Waals surface area contributed by atoms with E-state index in [1.165, 1.54) is 24.3 Å². The van der Waals surface area contributed by atoms with E-state index in [0.717, 1.165) is 0 Å². The maximum Gasteiger partial charge on any atom is 0.573 e. The van der Waals surface area contributed by atoms with Crippen LogP contribution >= 0.6 is 0 Å². The molecule has 0 aliphatic heterocycles. The summed E-state index contributed by atoms with van der Waals surface area (Å²) >= 11 is 0. The van der Waals surface area contributed by atoms with Gasteiger partial charge in [-0.25, -0.2) is 9.59 Å². The second-order valence-corrected chi connectivity index (χ2v) is 6.97. The van der Waals surface area contributed by atoms with E-state index in [1.54, 1.807) is 43.1 Å². The van der Waals surface area contributed by atoms with Crippen LogP contribution in [0.4, 0.5) is 23.7 Å². The number of fused-ring (bicyclic) bond motifs is 1. The van der Waals surface area contributed by atoms with Gasteiger partial charge in [0.1, 0.15) is 11.3 Å². The van der Waals surface area contributed by atoms with Crippen molar-refractivity contribution in [1.29, 1.82) is 0 Å². The molecular weight excluding hydrogens is 429 g/mol. The van der Waals surface area contributed by atoms with E-state index in [4.69, 9.17) is 9.15 Å². The van der Waals surface area contributed by atoms with Crippen molar-refractivity contribution in [2.24, 2.45) is 0 Å². The van der Waals surface area contributed by atoms with Crippen LogP contribution in [0.3, 0.4) is 0 Å². The summed E-state index contributed by atoms with van der Waals surface area (Å²) in [4.78, 5) is 25.4. The lowest BCUT2D eigenvalue weighted by Crippen LogP contribution is -2.21. The van der Waals surface area contributed by atoms with E-state index in [9.17, 15) is 22.8 Å². The SMILES string of the molecule is CCOC(=O)Nc1ccc2c(CN(C)Cc3ccccc3OC(F)(F)F)cc(=O)oc2c1. The van der Waals surface area contributed by atoms with Crippen LogP contribution in [0, 0.1) is 0 Å². The van der Waals surface area contributed by atoms with Crippen molar-refractivity contribution in [3.05, 3.63) is 70.1 Å². The highest BCUT2D eigenvalue weighted by atomic mass is 19.4. The first kappa shape index (κ1) is 23.1. The van der Waals surface area contributed by atoms with Crippen molar-refractivity contribution in [2.75, 3.05) is 19.0 Å². The average molecular weight is 450 g/mol. The molecule has 1 N–H and O–H groups in total. The van der Waals surface area contributed by atoms with Gasteiger partial charge >= 0.3 is 18.1 Å². The van der Waals surface area contributed by atoms with Gasteiger partial charge in [0.15, 0.2) is 0 Å². The van der Waals surface area contributed by atoms with Gasteiger partial charge in [-0.1, -0.05) is 18.2 Å². The number of carbonyl (C=O) groups excluding carboxylic acids is 1. The molecule has 1 amide bonds. The first-order valence-corrected chi connectivity index (χ1v) is 9.67. The van der Waals surface area contributed by atoms with Crippen LogP contribution in [0.25, 0.3) is 11.0 Å². The minimum absolute atomic E-state index is 0.149. The van der Waals surface area contributed by atoms with Crippen molar-refractivity contribution in [2.45, 2.75) is 26.4 Å². The molecule has 0 saturated carbocycles. The Morgan fingerprint density at radius 3 is 2.53 bits per heavy atom. The lowest BCUT2D eigenvalue weighted by Gasteiger charge is -2.20. The van der Waals surface area contributed by atoms with Crippen molar-refractivity contribution in [1.82, 2.24) is 4.90 Å². The molecule has 0 fully saturated rings. The van der Waals surface area contributed by atoms with Gasteiger partial charge in [-0.3, -0.25) is 10.2 Å². The van der Waals surface area contributed by atoms with Crippen LogP contribution in [-0.2, 0) is 17.8 Å². The maximum absolute atomic E-state index is 12.7. The number of nitrogens with one attached hydrogen (secondary N) is 1. The Kier molecular flexibility index (Phi) is 7.04. The number of ether oxygens (including phenoxy) is 2. The summed E-state index contributed by atoms with van der Waals surface area (Å²) in [5.74, 6) is -0.279. The molecule has 1 aromatic heterocycles. The summed E-state index contributed by atoms with van der Waals surface area (Å²) in [6.45, 7) is 2.29. The van der Waals surface area contributed by atoms with Gasteiger partial charge in [-0.05, 0) is 37.7 Å². The lowest BCUT2D eigenvalue weighted by molar-refractivity contribution is -0.275. The number of benzene rings is 2. The number of alkyl halides is 3. The van der Waals surface area contributed by atoms with Crippen molar-refractivity contribution in [3.63, 3.8) is 0 Å². The molecule has 0 spiro atoms. The molecule has 0 atom stereocenters. The average Bonchev–Trinajstić information content (AvgIpc) is 2.68. The molecule has 3 rings (SSSR count). The third-order valence-corrected chi connectivity index (χ3v) is 4.43. The zero-order valence-corrected chi connectivity index (χ0v) is 17.4. The van der Waals surface area contributed by atoms with Crippen molar-refractivity contribution in [3.8, 4) is 5.75 Å². The highest BCUT2D eigenvalue weighted by molar-refractivity contribution is 5.89. The molecule has 3 aromatic rings. The van der Waals surface area contributed by atoms with Gasteiger partial charge in [-0.2, -0.15) is 0 Å². The molecule has 10 heteroatoms. The second-order valence-electron chi connectivity index (χ2n) is 6.97. The number of carbonyl (C=O) groups is 1. The number of anilines is 1.